The van der Waals surface area contributed by atoms with Gasteiger partial charge in [-0.3, -0.25) is 14.9 Å². The molecule has 1 fully saturated rings. The zero-order chi connectivity index (χ0) is 20.5. The summed E-state index contributed by atoms with van der Waals surface area (Å²) in [5.41, 5.74) is -0.131. The Hall–Kier alpha value is -3.06. The van der Waals surface area contributed by atoms with Crippen LogP contribution in [0, 0.1) is 16.0 Å². The van der Waals surface area contributed by atoms with Gasteiger partial charge in [-0.1, -0.05) is 18.5 Å². The van der Waals surface area contributed by atoms with Gasteiger partial charge < -0.3 is 13.7 Å². The van der Waals surface area contributed by atoms with Crippen molar-refractivity contribution >= 4 is 23.2 Å². The van der Waals surface area contributed by atoms with Gasteiger partial charge in [-0.15, -0.1) is 0 Å². The van der Waals surface area contributed by atoms with E-state index in [-0.39, 0.29) is 35.3 Å². The second-order valence-corrected chi connectivity index (χ2v) is 7.69. The summed E-state index contributed by atoms with van der Waals surface area (Å²) in [6, 6.07) is 11.4. The van der Waals surface area contributed by atoms with Crippen LogP contribution in [0.2, 0.25) is 5.02 Å². The average Bonchev–Trinajstić information content (AvgIpc) is 3.09. The normalized spacial score (nSPS) is 17.9. The molecule has 0 aliphatic heterocycles. The lowest BCUT2D eigenvalue weighted by Crippen LogP contribution is -2.30. The Morgan fingerprint density at radius 2 is 2.00 bits per heavy atom. The molecule has 8 heteroatoms. The number of carbonyl (C=O) groups is 1. The van der Waals surface area contributed by atoms with Gasteiger partial charge in [0.15, 0.2) is 0 Å². The van der Waals surface area contributed by atoms with E-state index in [4.69, 9.17) is 20.4 Å². The summed E-state index contributed by atoms with van der Waals surface area (Å²) < 4.78 is 11.3. The van der Waals surface area contributed by atoms with E-state index >= 15 is 0 Å². The first-order chi connectivity index (χ1) is 13.9. The number of furan rings is 2. The Kier molecular flexibility index (Phi) is 5.15. The monoisotopic (exact) mass is 414 g/mol. The summed E-state index contributed by atoms with van der Waals surface area (Å²) in [6.45, 7) is 2.60. The van der Waals surface area contributed by atoms with E-state index in [0.29, 0.717) is 23.4 Å². The number of nitrogens with zero attached hydrogens (tertiary/aromatic N) is 2. The fraction of sp³-hybridized carbons (Fsp3) is 0.286. The summed E-state index contributed by atoms with van der Waals surface area (Å²) in [5.74, 6) is 2.87. The van der Waals surface area contributed by atoms with Crippen molar-refractivity contribution in [3.05, 3.63) is 86.7 Å². The molecule has 7 nitrogen and oxygen atoms in total. The van der Waals surface area contributed by atoms with Gasteiger partial charge in [0.25, 0.3) is 11.6 Å². The van der Waals surface area contributed by atoms with E-state index in [1.54, 1.807) is 12.1 Å². The van der Waals surface area contributed by atoms with Crippen molar-refractivity contribution < 1.29 is 18.6 Å². The maximum absolute atomic E-state index is 13.1. The molecule has 0 spiro atoms. The largest absolute Gasteiger partial charge is 0.467 e. The number of hydrogen-bond acceptors (Lipinski definition) is 5. The second-order valence-electron chi connectivity index (χ2n) is 7.29. The molecule has 2 atom stereocenters. The molecule has 0 N–H and O–H groups in total. The fourth-order valence-electron chi connectivity index (χ4n) is 3.34. The molecule has 3 aromatic rings. The molecular formula is C21H19ClN2O5. The molecule has 4 rings (SSSR count). The highest BCUT2D eigenvalue weighted by molar-refractivity contribution is 6.32. The molecular weight excluding hydrogens is 396 g/mol. The molecule has 1 amide bonds. The van der Waals surface area contributed by atoms with Gasteiger partial charge in [0, 0.05) is 17.5 Å². The van der Waals surface area contributed by atoms with Gasteiger partial charge in [-0.25, -0.2) is 0 Å². The molecule has 1 saturated carbocycles. The Labute approximate surface area is 172 Å². The van der Waals surface area contributed by atoms with Gasteiger partial charge >= 0.3 is 0 Å². The van der Waals surface area contributed by atoms with E-state index in [9.17, 15) is 14.9 Å². The number of carbonyl (C=O) groups excluding carboxylic acids is 1. The van der Waals surface area contributed by atoms with Crippen LogP contribution in [0.5, 0.6) is 0 Å². The van der Waals surface area contributed by atoms with Crippen LogP contribution in [0.3, 0.4) is 0 Å². The lowest BCUT2D eigenvalue weighted by molar-refractivity contribution is -0.384. The number of rotatable bonds is 7. The molecule has 2 unspecified atom stereocenters. The van der Waals surface area contributed by atoms with E-state index in [2.05, 4.69) is 6.92 Å². The topological polar surface area (TPSA) is 89.7 Å². The molecule has 0 saturated heterocycles. The maximum atomic E-state index is 13.1. The fourth-order valence-corrected chi connectivity index (χ4v) is 3.53. The molecule has 2 aromatic heterocycles. The lowest BCUT2D eigenvalue weighted by Gasteiger charge is -2.21. The zero-order valence-electron chi connectivity index (χ0n) is 15.7. The van der Waals surface area contributed by atoms with Crippen molar-refractivity contribution in [1.29, 1.82) is 0 Å². The molecule has 29 heavy (non-hydrogen) atoms. The van der Waals surface area contributed by atoms with Gasteiger partial charge in [-0.05, 0) is 48.7 Å². The third-order valence-electron chi connectivity index (χ3n) is 5.11. The standard InChI is InChI=1S/C21H19ClN2O5/c1-13-9-17(13)20-7-5-16(29-20)12-23(11-15-3-2-8-28-15)21(25)14-4-6-18(22)19(10-14)24(26)27/h2-8,10,13,17H,9,11-12H2,1H3. The summed E-state index contributed by atoms with van der Waals surface area (Å²) in [7, 11) is 0. The summed E-state index contributed by atoms with van der Waals surface area (Å²) in [6.07, 6.45) is 2.64. The van der Waals surface area contributed by atoms with Crippen molar-refractivity contribution in [2.24, 2.45) is 5.92 Å². The van der Waals surface area contributed by atoms with Crippen molar-refractivity contribution in [2.75, 3.05) is 0 Å². The third-order valence-corrected chi connectivity index (χ3v) is 5.43. The Bertz CT molecular complexity index is 1040. The summed E-state index contributed by atoms with van der Waals surface area (Å²) >= 11 is 5.87. The molecule has 1 aliphatic rings. The van der Waals surface area contributed by atoms with E-state index in [1.165, 1.54) is 29.4 Å². The molecule has 0 bridgehead atoms. The SMILES string of the molecule is CC1CC1c1ccc(CN(Cc2ccco2)C(=O)c2ccc(Cl)c([N+](=O)[O-])c2)o1. The number of benzene rings is 1. The van der Waals surface area contributed by atoms with Crippen LogP contribution < -0.4 is 0 Å². The average molecular weight is 415 g/mol. The highest BCUT2D eigenvalue weighted by Crippen LogP contribution is 2.47. The van der Waals surface area contributed by atoms with E-state index in [0.717, 1.165) is 12.2 Å². The minimum absolute atomic E-state index is 0.0154. The number of nitro benzene ring substituents is 1. The molecule has 1 aromatic carbocycles. The minimum Gasteiger partial charge on any atom is -0.467 e. The number of hydrogen-bond donors (Lipinski definition) is 0. The first-order valence-electron chi connectivity index (χ1n) is 9.26. The molecule has 150 valence electrons. The van der Waals surface area contributed by atoms with Crippen molar-refractivity contribution in [2.45, 2.75) is 32.4 Å². The maximum Gasteiger partial charge on any atom is 0.288 e. The number of halogens is 1. The Morgan fingerprint density at radius 1 is 1.24 bits per heavy atom. The Morgan fingerprint density at radius 3 is 2.66 bits per heavy atom. The Balaban J connectivity index is 1.59. The first kappa shape index (κ1) is 19.3. The van der Waals surface area contributed by atoms with Crippen molar-refractivity contribution in [3.63, 3.8) is 0 Å². The van der Waals surface area contributed by atoms with E-state index in [1.807, 2.05) is 12.1 Å². The van der Waals surface area contributed by atoms with Gasteiger partial charge in [0.05, 0.1) is 24.3 Å². The zero-order valence-corrected chi connectivity index (χ0v) is 16.5. The van der Waals surface area contributed by atoms with Crippen LogP contribution in [0.1, 0.15) is 46.9 Å². The van der Waals surface area contributed by atoms with Crippen molar-refractivity contribution in [3.8, 4) is 0 Å². The molecule has 2 heterocycles. The van der Waals surface area contributed by atoms with E-state index < -0.39 is 4.92 Å². The van der Waals surface area contributed by atoms with Crippen LogP contribution in [0.15, 0.2) is 57.6 Å². The van der Waals surface area contributed by atoms with Gasteiger partial charge in [0.1, 0.15) is 22.3 Å². The van der Waals surface area contributed by atoms with Gasteiger partial charge in [-0.2, -0.15) is 0 Å². The first-order valence-corrected chi connectivity index (χ1v) is 9.64. The van der Waals surface area contributed by atoms with Crippen LogP contribution in [-0.2, 0) is 13.1 Å². The number of amides is 1. The smallest absolute Gasteiger partial charge is 0.288 e. The molecule has 1 aliphatic carbocycles. The predicted octanol–water partition coefficient (Wildman–Crippen LogP) is 5.40. The summed E-state index contributed by atoms with van der Waals surface area (Å²) in [4.78, 5) is 25.2. The van der Waals surface area contributed by atoms with Crippen LogP contribution >= 0.6 is 11.6 Å². The number of nitro groups is 1. The molecule has 0 radical (unpaired) electrons. The quantitative estimate of drug-likeness (QED) is 0.381. The predicted molar refractivity (Wildman–Crippen MR) is 106 cm³/mol. The van der Waals surface area contributed by atoms with Crippen LogP contribution in [0.4, 0.5) is 5.69 Å². The highest BCUT2D eigenvalue weighted by Gasteiger charge is 2.36. The van der Waals surface area contributed by atoms with Crippen LogP contribution in [0.25, 0.3) is 0 Å². The highest BCUT2D eigenvalue weighted by atomic mass is 35.5. The van der Waals surface area contributed by atoms with Crippen molar-refractivity contribution in [1.82, 2.24) is 4.90 Å². The second kappa shape index (κ2) is 7.75. The summed E-state index contributed by atoms with van der Waals surface area (Å²) in [5, 5.41) is 11.2. The van der Waals surface area contributed by atoms with Crippen LogP contribution in [-0.4, -0.2) is 15.7 Å². The minimum atomic E-state index is -0.606. The lowest BCUT2D eigenvalue weighted by atomic mass is 10.1. The van der Waals surface area contributed by atoms with Gasteiger partial charge in [0.2, 0.25) is 0 Å². The third kappa shape index (κ3) is 4.19.